The van der Waals surface area contributed by atoms with E-state index in [0.29, 0.717) is 5.56 Å². The molecule has 3 aliphatic rings. The van der Waals surface area contributed by atoms with E-state index < -0.39 is 0 Å². The van der Waals surface area contributed by atoms with Gasteiger partial charge in [0.25, 0.3) is 0 Å². The standard InChI is InChI=1S/C24H23FN2O2/c25-20-4-2-1-3-16(20)7-5-15-6-10-21-19(13-15)23-18(22(14-28)26-21)11-12-27(23)24(29)17-8-9-17/h1-4,6,10,13,17-18,22-23,26,28H,8-9,11-12,14H2/t18-,22+,23-/m0/s1. The van der Waals surface area contributed by atoms with E-state index in [1.165, 1.54) is 6.07 Å². The van der Waals surface area contributed by atoms with Gasteiger partial charge in [0.1, 0.15) is 5.82 Å². The Balaban J connectivity index is 1.51. The second-order valence-electron chi connectivity index (χ2n) is 8.17. The lowest BCUT2D eigenvalue weighted by molar-refractivity contribution is -0.134. The van der Waals surface area contributed by atoms with Crippen molar-refractivity contribution in [3.8, 4) is 11.8 Å². The molecule has 1 aliphatic carbocycles. The van der Waals surface area contributed by atoms with Crippen LogP contribution in [0.2, 0.25) is 0 Å². The zero-order valence-electron chi connectivity index (χ0n) is 16.1. The zero-order valence-corrected chi connectivity index (χ0v) is 16.1. The van der Waals surface area contributed by atoms with Gasteiger partial charge < -0.3 is 15.3 Å². The fraction of sp³-hybridized carbons (Fsp3) is 0.375. The van der Waals surface area contributed by atoms with E-state index in [0.717, 1.165) is 42.6 Å². The van der Waals surface area contributed by atoms with Crippen LogP contribution < -0.4 is 5.32 Å². The van der Waals surface area contributed by atoms with Gasteiger partial charge in [-0.2, -0.15) is 0 Å². The first-order valence-electron chi connectivity index (χ1n) is 10.2. The summed E-state index contributed by atoms with van der Waals surface area (Å²) >= 11 is 0. The molecular weight excluding hydrogens is 367 g/mol. The van der Waals surface area contributed by atoms with E-state index in [2.05, 4.69) is 17.2 Å². The maximum absolute atomic E-state index is 13.9. The van der Waals surface area contributed by atoms with E-state index in [9.17, 15) is 14.3 Å². The van der Waals surface area contributed by atoms with Crippen molar-refractivity contribution in [1.82, 2.24) is 4.90 Å². The minimum atomic E-state index is -0.331. The van der Waals surface area contributed by atoms with E-state index >= 15 is 0 Å². The van der Waals surface area contributed by atoms with Crippen LogP contribution in [0.3, 0.4) is 0 Å². The molecule has 0 bridgehead atoms. The van der Waals surface area contributed by atoms with Crippen LogP contribution in [0.25, 0.3) is 0 Å². The second kappa shape index (κ2) is 7.20. The van der Waals surface area contributed by atoms with Crippen LogP contribution in [0.15, 0.2) is 42.5 Å². The SMILES string of the molecule is O=C(C1CC1)N1CC[C@@H]2[C@H]1c1cc(C#Cc3ccccc3F)ccc1N[C@@H]2CO. The molecule has 5 heteroatoms. The Bertz CT molecular complexity index is 1020. The van der Waals surface area contributed by atoms with Gasteiger partial charge in [-0.3, -0.25) is 4.79 Å². The number of anilines is 1. The number of fused-ring (bicyclic) bond motifs is 3. The van der Waals surface area contributed by atoms with Crippen molar-refractivity contribution in [3.63, 3.8) is 0 Å². The summed E-state index contributed by atoms with van der Waals surface area (Å²) in [6.45, 7) is 0.772. The zero-order chi connectivity index (χ0) is 20.0. The van der Waals surface area contributed by atoms with Crippen LogP contribution in [0.1, 0.15) is 42.0 Å². The number of benzene rings is 2. The number of carbonyl (C=O) groups is 1. The molecule has 2 heterocycles. The van der Waals surface area contributed by atoms with Crippen LogP contribution in [-0.4, -0.2) is 35.1 Å². The molecular formula is C24H23FN2O2. The average Bonchev–Trinajstić information content (AvgIpc) is 3.50. The Morgan fingerprint density at radius 2 is 2.00 bits per heavy atom. The Labute approximate surface area is 169 Å². The molecule has 148 valence electrons. The molecule has 29 heavy (non-hydrogen) atoms. The van der Waals surface area contributed by atoms with Crippen molar-refractivity contribution in [1.29, 1.82) is 0 Å². The monoisotopic (exact) mass is 390 g/mol. The number of rotatable bonds is 2. The van der Waals surface area contributed by atoms with E-state index in [-0.39, 0.29) is 42.3 Å². The number of likely N-dealkylation sites (tertiary alicyclic amines) is 1. The highest BCUT2D eigenvalue weighted by molar-refractivity contribution is 5.82. The summed E-state index contributed by atoms with van der Waals surface area (Å²) in [5.41, 5.74) is 3.15. The van der Waals surface area contributed by atoms with Gasteiger partial charge in [-0.05, 0) is 55.2 Å². The number of halogens is 1. The summed E-state index contributed by atoms with van der Waals surface area (Å²) in [6.07, 6.45) is 2.84. The molecule has 5 rings (SSSR count). The number of aliphatic hydroxyl groups is 1. The van der Waals surface area contributed by atoms with Crippen molar-refractivity contribution in [2.24, 2.45) is 11.8 Å². The highest BCUT2D eigenvalue weighted by Gasteiger charge is 2.48. The molecule has 1 saturated heterocycles. The third-order valence-electron chi connectivity index (χ3n) is 6.29. The Kier molecular flexibility index (Phi) is 4.52. The first-order chi connectivity index (χ1) is 14.2. The maximum Gasteiger partial charge on any atom is 0.226 e. The molecule has 0 aromatic heterocycles. The fourth-order valence-electron chi connectivity index (χ4n) is 4.65. The highest BCUT2D eigenvalue weighted by Crippen LogP contribution is 2.48. The number of hydrogen-bond donors (Lipinski definition) is 2. The van der Waals surface area contributed by atoms with Crippen LogP contribution in [0, 0.1) is 29.5 Å². The molecule has 2 N–H and O–H groups in total. The van der Waals surface area contributed by atoms with Gasteiger partial charge in [0, 0.05) is 29.6 Å². The van der Waals surface area contributed by atoms with Crippen LogP contribution >= 0.6 is 0 Å². The summed E-state index contributed by atoms with van der Waals surface area (Å²) in [5, 5.41) is 13.3. The lowest BCUT2D eigenvalue weighted by Crippen LogP contribution is -2.43. The lowest BCUT2D eigenvalue weighted by Gasteiger charge is -2.39. The molecule has 3 atom stereocenters. The summed E-state index contributed by atoms with van der Waals surface area (Å²) in [7, 11) is 0. The molecule has 2 aliphatic heterocycles. The van der Waals surface area contributed by atoms with Crippen molar-refractivity contribution < 1.29 is 14.3 Å². The Hall–Kier alpha value is -2.84. The summed E-state index contributed by atoms with van der Waals surface area (Å²) in [4.78, 5) is 14.9. The summed E-state index contributed by atoms with van der Waals surface area (Å²) < 4.78 is 13.9. The number of carbonyl (C=O) groups excluding carboxylic acids is 1. The smallest absolute Gasteiger partial charge is 0.226 e. The van der Waals surface area contributed by atoms with E-state index in [4.69, 9.17) is 0 Å². The number of nitrogens with one attached hydrogen (secondary N) is 1. The van der Waals surface area contributed by atoms with Gasteiger partial charge in [0.2, 0.25) is 5.91 Å². The number of aliphatic hydroxyl groups excluding tert-OH is 1. The normalized spacial score (nSPS) is 24.8. The number of hydrogen-bond acceptors (Lipinski definition) is 3. The summed E-state index contributed by atoms with van der Waals surface area (Å²) in [5.74, 6) is 6.24. The van der Waals surface area contributed by atoms with Crippen molar-refractivity contribution >= 4 is 11.6 Å². The molecule has 0 radical (unpaired) electrons. The van der Waals surface area contributed by atoms with Crippen molar-refractivity contribution in [3.05, 3.63) is 65.0 Å². The fourth-order valence-corrected chi connectivity index (χ4v) is 4.65. The van der Waals surface area contributed by atoms with E-state index in [1.807, 2.05) is 23.1 Å². The van der Waals surface area contributed by atoms with Gasteiger partial charge in [0.05, 0.1) is 24.3 Å². The molecule has 4 nitrogen and oxygen atoms in total. The molecule has 2 aromatic rings. The third-order valence-corrected chi connectivity index (χ3v) is 6.29. The quantitative estimate of drug-likeness (QED) is 0.774. The summed E-state index contributed by atoms with van der Waals surface area (Å²) in [6, 6.07) is 12.3. The highest BCUT2D eigenvalue weighted by atomic mass is 19.1. The number of amides is 1. The first-order valence-corrected chi connectivity index (χ1v) is 10.2. The van der Waals surface area contributed by atoms with Crippen molar-refractivity contribution in [2.45, 2.75) is 31.3 Å². The van der Waals surface area contributed by atoms with Gasteiger partial charge in [-0.15, -0.1) is 0 Å². The lowest BCUT2D eigenvalue weighted by atomic mass is 9.82. The molecule has 1 amide bonds. The van der Waals surface area contributed by atoms with Gasteiger partial charge in [0.15, 0.2) is 0 Å². The predicted octanol–water partition coefficient (Wildman–Crippen LogP) is 3.31. The molecule has 2 fully saturated rings. The molecule has 0 spiro atoms. The third kappa shape index (κ3) is 3.28. The molecule has 2 aromatic carbocycles. The maximum atomic E-state index is 13.9. The van der Waals surface area contributed by atoms with Gasteiger partial charge >= 0.3 is 0 Å². The van der Waals surface area contributed by atoms with Gasteiger partial charge in [-0.1, -0.05) is 24.0 Å². The molecule has 0 unspecified atom stereocenters. The van der Waals surface area contributed by atoms with Crippen LogP contribution in [0.4, 0.5) is 10.1 Å². The predicted molar refractivity (Wildman–Crippen MR) is 109 cm³/mol. The van der Waals surface area contributed by atoms with Gasteiger partial charge in [-0.25, -0.2) is 4.39 Å². The number of nitrogens with zero attached hydrogens (tertiary/aromatic N) is 1. The van der Waals surface area contributed by atoms with Crippen LogP contribution in [-0.2, 0) is 4.79 Å². The average molecular weight is 390 g/mol. The van der Waals surface area contributed by atoms with Crippen LogP contribution in [0.5, 0.6) is 0 Å². The minimum Gasteiger partial charge on any atom is -0.394 e. The second-order valence-corrected chi connectivity index (χ2v) is 8.17. The Morgan fingerprint density at radius 1 is 1.17 bits per heavy atom. The largest absolute Gasteiger partial charge is 0.394 e. The Morgan fingerprint density at radius 3 is 2.76 bits per heavy atom. The van der Waals surface area contributed by atoms with Crippen molar-refractivity contribution in [2.75, 3.05) is 18.5 Å². The topological polar surface area (TPSA) is 52.6 Å². The van der Waals surface area contributed by atoms with E-state index in [1.54, 1.807) is 18.2 Å². The minimum absolute atomic E-state index is 0.0355. The molecule has 1 saturated carbocycles. The first kappa shape index (κ1) is 18.2.